The van der Waals surface area contributed by atoms with Crippen LogP contribution in [0.1, 0.15) is 21.5 Å². The monoisotopic (exact) mass is 339 g/mol. The summed E-state index contributed by atoms with van der Waals surface area (Å²) in [5, 5.41) is 9.04. The molecule has 2 aromatic carbocycles. The summed E-state index contributed by atoms with van der Waals surface area (Å²) in [5.74, 6) is 1.39. The predicted octanol–water partition coefficient (Wildman–Crippen LogP) is 3.69. The summed E-state index contributed by atoms with van der Waals surface area (Å²) in [6.45, 7) is 2.06. The SMILES string of the molecule is COc1ccc(C=O)cc1CSc1nncn1-c1ccccc1C. The van der Waals surface area contributed by atoms with Gasteiger partial charge in [-0.05, 0) is 36.8 Å². The van der Waals surface area contributed by atoms with Crippen molar-refractivity contribution in [2.45, 2.75) is 17.8 Å². The van der Waals surface area contributed by atoms with Crippen LogP contribution in [0.15, 0.2) is 53.9 Å². The van der Waals surface area contributed by atoms with E-state index in [9.17, 15) is 4.79 Å². The number of thioether (sulfide) groups is 1. The fourth-order valence-corrected chi connectivity index (χ4v) is 3.35. The summed E-state index contributed by atoms with van der Waals surface area (Å²) in [5.41, 5.74) is 3.79. The normalized spacial score (nSPS) is 10.6. The van der Waals surface area contributed by atoms with Gasteiger partial charge in [0, 0.05) is 16.9 Å². The number of hydrogen-bond acceptors (Lipinski definition) is 5. The Balaban J connectivity index is 1.86. The van der Waals surface area contributed by atoms with Gasteiger partial charge in [0.1, 0.15) is 18.4 Å². The van der Waals surface area contributed by atoms with Gasteiger partial charge in [-0.2, -0.15) is 0 Å². The quantitative estimate of drug-likeness (QED) is 0.506. The molecule has 3 aromatic rings. The predicted molar refractivity (Wildman–Crippen MR) is 94.0 cm³/mol. The first kappa shape index (κ1) is 16.3. The van der Waals surface area contributed by atoms with Crippen molar-refractivity contribution in [3.63, 3.8) is 0 Å². The molecule has 0 saturated heterocycles. The van der Waals surface area contributed by atoms with Crippen LogP contribution in [0.5, 0.6) is 5.75 Å². The minimum Gasteiger partial charge on any atom is -0.496 e. The molecule has 6 heteroatoms. The molecular formula is C18H17N3O2S. The maximum atomic E-state index is 11.0. The maximum absolute atomic E-state index is 11.0. The van der Waals surface area contributed by atoms with Crippen LogP contribution < -0.4 is 4.74 Å². The molecule has 0 amide bonds. The Morgan fingerprint density at radius 2 is 2.08 bits per heavy atom. The zero-order chi connectivity index (χ0) is 16.9. The van der Waals surface area contributed by atoms with E-state index in [1.165, 1.54) is 0 Å². The Morgan fingerprint density at radius 1 is 1.25 bits per heavy atom. The third kappa shape index (κ3) is 3.33. The summed E-state index contributed by atoms with van der Waals surface area (Å²) in [6.07, 6.45) is 2.55. The molecule has 0 radical (unpaired) electrons. The highest BCUT2D eigenvalue weighted by atomic mass is 32.2. The van der Waals surface area contributed by atoms with E-state index in [-0.39, 0.29) is 0 Å². The van der Waals surface area contributed by atoms with Crippen LogP contribution in [-0.4, -0.2) is 28.2 Å². The van der Waals surface area contributed by atoms with Crippen LogP contribution in [0.25, 0.3) is 5.69 Å². The average molecular weight is 339 g/mol. The van der Waals surface area contributed by atoms with Crippen LogP contribution in [0, 0.1) is 6.92 Å². The number of nitrogens with zero attached hydrogens (tertiary/aromatic N) is 3. The maximum Gasteiger partial charge on any atom is 0.195 e. The number of ether oxygens (including phenoxy) is 1. The Bertz CT molecular complexity index is 861. The van der Waals surface area contributed by atoms with E-state index in [1.807, 2.05) is 34.9 Å². The van der Waals surface area contributed by atoms with E-state index < -0.39 is 0 Å². The molecule has 0 N–H and O–H groups in total. The summed E-state index contributed by atoms with van der Waals surface area (Å²) in [7, 11) is 1.62. The molecule has 0 unspecified atom stereocenters. The fraction of sp³-hybridized carbons (Fsp3) is 0.167. The average Bonchev–Trinajstić information content (AvgIpc) is 3.08. The van der Waals surface area contributed by atoms with Crippen molar-refractivity contribution in [1.29, 1.82) is 0 Å². The van der Waals surface area contributed by atoms with Gasteiger partial charge in [0.25, 0.3) is 0 Å². The molecule has 0 aliphatic carbocycles. The molecule has 5 nitrogen and oxygen atoms in total. The van der Waals surface area contributed by atoms with Crippen LogP contribution >= 0.6 is 11.8 Å². The number of hydrogen-bond donors (Lipinski definition) is 0. The van der Waals surface area contributed by atoms with E-state index >= 15 is 0 Å². The van der Waals surface area contributed by atoms with Gasteiger partial charge in [0.2, 0.25) is 0 Å². The Labute approximate surface area is 144 Å². The van der Waals surface area contributed by atoms with Crippen molar-refractivity contribution in [3.8, 4) is 11.4 Å². The number of carbonyl (C=O) groups is 1. The zero-order valence-electron chi connectivity index (χ0n) is 13.5. The molecule has 122 valence electrons. The second kappa shape index (κ2) is 7.31. The number of para-hydroxylation sites is 1. The van der Waals surface area contributed by atoms with E-state index in [4.69, 9.17) is 4.74 Å². The molecular weight excluding hydrogens is 322 g/mol. The van der Waals surface area contributed by atoms with Crippen LogP contribution in [-0.2, 0) is 5.75 Å². The number of aldehydes is 1. The lowest BCUT2D eigenvalue weighted by molar-refractivity contribution is 0.112. The van der Waals surface area contributed by atoms with Gasteiger partial charge in [-0.3, -0.25) is 9.36 Å². The molecule has 0 atom stereocenters. The van der Waals surface area contributed by atoms with Crippen molar-refractivity contribution in [2.24, 2.45) is 0 Å². The van der Waals surface area contributed by atoms with Gasteiger partial charge in [0.05, 0.1) is 12.8 Å². The summed E-state index contributed by atoms with van der Waals surface area (Å²) in [4.78, 5) is 11.0. The van der Waals surface area contributed by atoms with Crippen molar-refractivity contribution in [3.05, 3.63) is 65.5 Å². The number of aromatic nitrogens is 3. The third-order valence-electron chi connectivity index (χ3n) is 3.69. The Morgan fingerprint density at radius 3 is 2.83 bits per heavy atom. The fourth-order valence-electron chi connectivity index (χ4n) is 2.45. The summed E-state index contributed by atoms with van der Waals surface area (Å²) < 4.78 is 7.34. The zero-order valence-corrected chi connectivity index (χ0v) is 14.3. The van der Waals surface area contributed by atoms with Crippen molar-refractivity contribution < 1.29 is 9.53 Å². The largest absolute Gasteiger partial charge is 0.496 e. The van der Waals surface area contributed by atoms with Gasteiger partial charge >= 0.3 is 0 Å². The molecule has 1 heterocycles. The highest BCUT2D eigenvalue weighted by molar-refractivity contribution is 7.98. The molecule has 0 spiro atoms. The lowest BCUT2D eigenvalue weighted by atomic mass is 10.1. The van der Waals surface area contributed by atoms with Crippen LogP contribution in [0.4, 0.5) is 0 Å². The smallest absolute Gasteiger partial charge is 0.195 e. The van der Waals surface area contributed by atoms with Gasteiger partial charge in [-0.15, -0.1) is 10.2 Å². The number of benzene rings is 2. The lowest BCUT2D eigenvalue weighted by Crippen LogP contribution is -1.98. The first-order valence-corrected chi connectivity index (χ1v) is 8.42. The van der Waals surface area contributed by atoms with Crippen molar-refractivity contribution >= 4 is 18.0 Å². The highest BCUT2D eigenvalue weighted by Crippen LogP contribution is 2.29. The van der Waals surface area contributed by atoms with Crippen molar-refractivity contribution in [2.75, 3.05) is 7.11 Å². The topological polar surface area (TPSA) is 57.0 Å². The van der Waals surface area contributed by atoms with Gasteiger partial charge in [-0.25, -0.2) is 0 Å². The molecule has 0 aliphatic rings. The molecule has 0 aliphatic heterocycles. The van der Waals surface area contributed by atoms with E-state index in [0.717, 1.165) is 34.0 Å². The lowest BCUT2D eigenvalue weighted by Gasteiger charge is -2.11. The highest BCUT2D eigenvalue weighted by Gasteiger charge is 2.11. The number of methoxy groups -OCH3 is 1. The number of rotatable bonds is 6. The second-order valence-corrected chi connectivity index (χ2v) is 6.19. The van der Waals surface area contributed by atoms with E-state index in [2.05, 4.69) is 23.2 Å². The van der Waals surface area contributed by atoms with Gasteiger partial charge < -0.3 is 4.74 Å². The molecule has 0 fully saturated rings. The minimum absolute atomic E-state index is 0.631. The molecule has 1 aromatic heterocycles. The van der Waals surface area contributed by atoms with Crippen molar-refractivity contribution in [1.82, 2.24) is 14.8 Å². The molecule has 0 saturated carbocycles. The van der Waals surface area contributed by atoms with E-state index in [1.54, 1.807) is 31.3 Å². The third-order valence-corrected chi connectivity index (χ3v) is 4.68. The Hall–Kier alpha value is -2.60. The minimum atomic E-state index is 0.631. The standard InChI is InChI=1S/C18H17N3O2S/c1-13-5-3-4-6-16(13)21-12-19-20-18(21)24-11-15-9-14(10-22)7-8-17(15)23-2/h3-10,12H,11H2,1-2H3. The van der Waals surface area contributed by atoms with Crippen LogP contribution in [0.3, 0.4) is 0 Å². The molecule has 0 bridgehead atoms. The molecule has 3 rings (SSSR count). The summed E-state index contributed by atoms with van der Waals surface area (Å²) >= 11 is 1.55. The van der Waals surface area contributed by atoms with E-state index in [0.29, 0.717) is 11.3 Å². The summed E-state index contributed by atoms with van der Waals surface area (Å²) in [6, 6.07) is 13.5. The first-order valence-electron chi connectivity index (χ1n) is 7.44. The second-order valence-electron chi connectivity index (χ2n) is 5.25. The van der Waals surface area contributed by atoms with Gasteiger partial charge in [-0.1, -0.05) is 30.0 Å². The Kier molecular flexibility index (Phi) is 4.96. The molecule has 24 heavy (non-hydrogen) atoms. The number of carbonyl (C=O) groups excluding carboxylic acids is 1. The first-order chi connectivity index (χ1) is 11.7. The number of aryl methyl sites for hydroxylation is 1. The van der Waals surface area contributed by atoms with Crippen LogP contribution in [0.2, 0.25) is 0 Å². The van der Waals surface area contributed by atoms with Gasteiger partial charge in [0.15, 0.2) is 5.16 Å².